The molecule has 204 valence electrons. The first-order chi connectivity index (χ1) is 19.9. The molecule has 0 amide bonds. The Balaban J connectivity index is 1.43. The summed E-state index contributed by atoms with van der Waals surface area (Å²) in [6.07, 6.45) is 4.46. The fourth-order valence-electron chi connectivity index (χ4n) is 4.01. The number of nitrogens with zero attached hydrogens (tertiary/aromatic N) is 3. The first-order valence-electron chi connectivity index (χ1n) is 12.5. The van der Waals surface area contributed by atoms with E-state index in [0.717, 1.165) is 5.56 Å². The number of hydrogen-bond donors (Lipinski definition) is 0. The largest absolute Gasteiger partial charge is 0.497 e. The van der Waals surface area contributed by atoms with Crippen molar-refractivity contribution in [1.82, 2.24) is 9.66 Å². The standard InChI is InChI=1S/C32H24ClN3O5/c1-39-25-15-11-23(12-16-25)31-35-27-6-4-3-5-26(27)32(38)36(31)34-20-22-9-17-28(29(19-22)40-2)41-30(37)18-10-21-7-13-24(33)14-8-21/h3-20H,1-2H3/b18-10+,34-20?. The highest BCUT2D eigenvalue weighted by Crippen LogP contribution is 2.28. The number of esters is 1. The van der Waals surface area contributed by atoms with Crippen molar-refractivity contribution < 1.29 is 19.0 Å². The molecular formula is C32H24ClN3O5. The van der Waals surface area contributed by atoms with Crippen LogP contribution in [0.1, 0.15) is 11.1 Å². The Kier molecular flexibility index (Phi) is 8.22. The van der Waals surface area contributed by atoms with Gasteiger partial charge in [-0.2, -0.15) is 9.78 Å². The summed E-state index contributed by atoms with van der Waals surface area (Å²) in [5.74, 6) is 1.04. The third-order valence-corrected chi connectivity index (χ3v) is 6.36. The van der Waals surface area contributed by atoms with E-state index in [9.17, 15) is 9.59 Å². The summed E-state index contributed by atoms with van der Waals surface area (Å²) in [4.78, 5) is 30.6. The lowest BCUT2D eigenvalue weighted by atomic mass is 10.2. The van der Waals surface area contributed by atoms with Crippen LogP contribution in [0.25, 0.3) is 28.4 Å². The van der Waals surface area contributed by atoms with E-state index in [1.54, 1.807) is 86.0 Å². The third kappa shape index (κ3) is 6.34. The average Bonchev–Trinajstić information content (AvgIpc) is 3.01. The maximum atomic E-state index is 13.4. The van der Waals surface area contributed by atoms with Gasteiger partial charge in [0.25, 0.3) is 5.56 Å². The summed E-state index contributed by atoms with van der Waals surface area (Å²) in [6.45, 7) is 0. The Hall–Kier alpha value is -5.21. The molecule has 1 heterocycles. The average molecular weight is 566 g/mol. The number of halogens is 1. The maximum Gasteiger partial charge on any atom is 0.336 e. The predicted molar refractivity (Wildman–Crippen MR) is 160 cm³/mol. The molecule has 41 heavy (non-hydrogen) atoms. The van der Waals surface area contributed by atoms with Crippen molar-refractivity contribution in [3.63, 3.8) is 0 Å². The quantitative estimate of drug-likeness (QED) is 0.0957. The smallest absolute Gasteiger partial charge is 0.336 e. The van der Waals surface area contributed by atoms with E-state index in [1.165, 1.54) is 24.1 Å². The molecule has 0 spiro atoms. The molecule has 5 rings (SSSR count). The summed E-state index contributed by atoms with van der Waals surface area (Å²) in [6, 6.07) is 26.3. The van der Waals surface area contributed by atoms with Crippen molar-refractivity contribution >= 4 is 40.8 Å². The van der Waals surface area contributed by atoms with E-state index in [4.69, 9.17) is 30.8 Å². The summed E-state index contributed by atoms with van der Waals surface area (Å²) in [5, 5.41) is 5.53. The normalized spacial score (nSPS) is 11.3. The minimum Gasteiger partial charge on any atom is -0.497 e. The van der Waals surface area contributed by atoms with E-state index < -0.39 is 5.97 Å². The van der Waals surface area contributed by atoms with Gasteiger partial charge < -0.3 is 14.2 Å². The molecule has 0 aliphatic rings. The van der Waals surface area contributed by atoms with Gasteiger partial charge in [0.1, 0.15) is 5.75 Å². The highest BCUT2D eigenvalue weighted by molar-refractivity contribution is 6.30. The van der Waals surface area contributed by atoms with Crippen molar-refractivity contribution in [1.29, 1.82) is 0 Å². The van der Waals surface area contributed by atoms with Gasteiger partial charge in [0.2, 0.25) is 0 Å². The molecule has 8 nitrogen and oxygen atoms in total. The molecule has 1 aromatic heterocycles. The summed E-state index contributed by atoms with van der Waals surface area (Å²) in [7, 11) is 3.05. The zero-order valence-electron chi connectivity index (χ0n) is 22.2. The van der Waals surface area contributed by atoms with E-state index in [0.29, 0.717) is 44.4 Å². The van der Waals surface area contributed by atoms with E-state index in [-0.39, 0.29) is 11.3 Å². The van der Waals surface area contributed by atoms with E-state index in [1.807, 2.05) is 18.2 Å². The number of carbonyl (C=O) groups is 1. The van der Waals surface area contributed by atoms with Crippen LogP contribution in [0.2, 0.25) is 5.02 Å². The van der Waals surface area contributed by atoms with E-state index in [2.05, 4.69) is 5.10 Å². The fourth-order valence-corrected chi connectivity index (χ4v) is 4.14. The van der Waals surface area contributed by atoms with Crippen molar-refractivity contribution in [3.05, 3.63) is 124 Å². The molecule has 0 N–H and O–H groups in total. The highest BCUT2D eigenvalue weighted by Gasteiger charge is 2.13. The second kappa shape index (κ2) is 12.3. The molecule has 0 aliphatic carbocycles. The number of carbonyl (C=O) groups excluding carboxylic acids is 1. The molecule has 4 aromatic carbocycles. The predicted octanol–water partition coefficient (Wildman–Crippen LogP) is 6.24. The topological polar surface area (TPSA) is 92.0 Å². The summed E-state index contributed by atoms with van der Waals surface area (Å²) >= 11 is 5.90. The minimum absolute atomic E-state index is 0.235. The van der Waals surface area contributed by atoms with Gasteiger partial charge in [0, 0.05) is 16.7 Å². The second-order valence-corrected chi connectivity index (χ2v) is 9.20. The van der Waals surface area contributed by atoms with Crippen LogP contribution in [0.5, 0.6) is 17.2 Å². The molecule has 0 saturated heterocycles. The first-order valence-corrected chi connectivity index (χ1v) is 12.9. The van der Waals surface area contributed by atoms with Crippen LogP contribution in [-0.4, -0.2) is 36.1 Å². The van der Waals surface area contributed by atoms with Gasteiger partial charge in [-0.25, -0.2) is 9.78 Å². The maximum absolute atomic E-state index is 13.4. The molecule has 0 bridgehead atoms. The molecule has 0 atom stereocenters. The van der Waals surface area contributed by atoms with E-state index >= 15 is 0 Å². The SMILES string of the molecule is COc1ccc(-c2nc3ccccc3c(=O)n2N=Cc2ccc(OC(=O)/C=C/c3ccc(Cl)cc3)c(OC)c2)cc1. The molecule has 0 radical (unpaired) electrons. The number of ether oxygens (including phenoxy) is 3. The molecule has 5 aromatic rings. The lowest BCUT2D eigenvalue weighted by Gasteiger charge is -2.11. The highest BCUT2D eigenvalue weighted by atomic mass is 35.5. The van der Waals surface area contributed by atoms with Crippen LogP contribution in [0, 0.1) is 0 Å². The number of rotatable bonds is 8. The van der Waals surface area contributed by atoms with Gasteiger partial charge in [-0.3, -0.25) is 4.79 Å². The summed E-state index contributed by atoms with van der Waals surface area (Å²) < 4.78 is 17.4. The Morgan fingerprint density at radius 1 is 0.878 bits per heavy atom. The lowest BCUT2D eigenvalue weighted by Crippen LogP contribution is -2.20. The Morgan fingerprint density at radius 3 is 2.34 bits per heavy atom. The van der Waals surface area contributed by atoms with Crippen LogP contribution < -0.4 is 19.8 Å². The van der Waals surface area contributed by atoms with Crippen LogP contribution in [0.3, 0.4) is 0 Å². The van der Waals surface area contributed by atoms with Crippen LogP contribution in [0.15, 0.2) is 107 Å². The monoisotopic (exact) mass is 565 g/mol. The molecule has 0 fully saturated rings. The molecule has 0 unspecified atom stereocenters. The van der Waals surface area contributed by atoms with Gasteiger partial charge >= 0.3 is 5.97 Å². The number of hydrogen-bond acceptors (Lipinski definition) is 7. The van der Waals surface area contributed by atoms with Gasteiger partial charge in [0.15, 0.2) is 17.3 Å². The Bertz CT molecular complexity index is 1830. The zero-order chi connectivity index (χ0) is 28.8. The minimum atomic E-state index is -0.572. The van der Waals surface area contributed by atoms with Gasteiger partial charge in [-0.05, 0) is 83.9 Å². The number of benzene rings is 4. The van der Waals surface area contributed by atoms with Crippen molar-refractivity contribution in [2.75, 3.05) is 14.2 Å². The van der Waals surface area contributed by atoms with Crippen LogP contribution >= 0.6 is 11.6 Å². The van der Waals surface area contributed by atoms with Crippen LogP contribution in [-0.2, 0) is 4.79 Å². The number of para-hydroxylation sites is 1. The van der Waals surface area contributed by atoms with Crippen molar-refractivity contribution in [2.45, 2.75) is 0 Å². The molecular weight excluding hydrogens is 542 g/mol. The summed E-state index contributed by atoms with van der Waals surface area (Å²) in [5.41, 5.74) is 2.35. The van der Waals surface area contributed by atoms with Crippen LogP contribution in [0.4, 0.5) is 0 Å². The van der Waals surface area contributed by atoms with Gasteiger partial charge in [0.05, 0.1) is 31.3 Å². The van der Waals surface area contributed by atoms with Gasteiger partial charge in [-0.15, -0.1) is 0 Å². The van der Waals surface area contributed by atoms with Crippen molar-refractivity contribution in [2.24, 2.45) is 5.10 Å². The molecule has 9 heteroatoms. The second-order valence-electron chi connectivity index (χ2n) is 8.76. The Labute approximate surface area is 240 Å². The third-order valence-electron chi connectivity index (χ3n) is 6.10. The lowest BCUT2D eigenvalue weighted by molar-refractivity contribution is -0.129. The Morgan fingerprint density at radius 2 is 1.61 bits per heavy atom. The molecule has 0 saturated carbocycles. The number of fused-ring (bicyclic) bond motifs is 1. The number of methoxy groups -OCH3 is 2. The number of aromatic nitrogens is 2. The van der Waals surface area contributed by atoms with Gasteiger partial charge in [-0.1, -0.05) is 35.9 Å². The fraction of sp³-hybridized carbons (Fsp3) is 0.0625. The van der Waals surface area contributed by atoms with Crippen molar-refractivity contribution in [3.8, 4) is 28.6 Å². The molecule has 0 aliphatic heterocycles. The first kappa shape index (κ1) is 27.4. The zero-order valence-corrected chi connectivity index (χ0v) is 22.9.